The summed E-state index contributed by atoms with van der Waals surface area (Å²) in [6.07, 6.45) is 1.15. The number of rotatable bonds is 5. The highest BCUT2D eigenvalue weighted by Gasteiger charge is 2.40. The number of piperazine rings is 1. The molecular formula is C16H32Cl2N4O3. The van der Waals surface area contributed by atoms with Crippen LogP contribution in [0, 0.1) is 0 Å². The van der Waals surface area contributed by atoms with Crippen LogP contribution in [0.4, 0.5) is 0 Å². The van der Waals surface area contributed by atoms with E-state index in [9.17, 15) is 9.59 Å². The summed E-state index contributed by atoms with van der Waals surface area (Å²) in [4.78, 5) is 30.7. The molecule has 148 valence electrons. The lowest BCUT2D eigenvalue weighted by molar-refractivity contribution is -0.146. The van der Waals surface area contributed by atoms with E-state index in [0.717, 1.165) is 13.1 Å². The summed E-state index contributed by atoms with van der Waals surface area (Å²) < 4.78 is 5.30. The van der Waals surface area contributed by atoms with Crippen LogP contribution in [0.15, 0.2) is 0 Å². The Labute approximate surface area is 163 Å². The highest BCUT2D eigenvalue weighted by atomic mass is 35.5. The summed E-state index contributed by atoms with van der Waals surface area (Å²) >= 11 is 0. The predicted molar refractivity (Wildman–Crippen MR) is 102 cm³/mol. The average molecular weight is 399 g/mol. The monoisotopic (exact) mass is 398 g/mol. The normalized spacial score (nSPS) is 19.8. The Balaban J connectivity index is 0.00000288. The van der Waals surface area contributed by atoms with E-state index in [1.165, 1.54) is 0 Å². The molecule has 0 aromatic rings. The fourth-order valence-electron chi connectivity index (χ4n) is 3.16. The Morgan fingerprint density at radius 2 is 1.48 bits per heavy atom. The van der Waals surface area contributed by atoms with E-state index in [2.05, 4.69) is 18.7 Å². The molecule has 2 aliphatic heterocycles. The van der Waals surface area contributed by atoms with Gasteiger partial charge in [-0.25, -0.2) is 0 Å². The van der Waals surface area contributed by atoms with Crippen LogP contribution in [0.25, 0.3) is 0 Å². The van der Waals surface area contributed by atoms with Crippen molar-refractivity contribution in [3.8, 4) is 0 Å². The molecule has 2 rings (SSSR count). The Morgan fingerprint density at radius 1 is 1.00 bits per heavy atom. The van der Waals surface area contributed by atoms with E-state index >= 15 is 0 Å². The van der Waals surface area contributed by atoms with Crippen LogP contribution in [-0.2, 0) is 14.3 Å². The van der Waals surface area contributed by atoms with E-state index in [4.69, 9.17) is 10.5 Å². The molecule has 0 bridgehead atoms. The summed E-state index contributed by atoms with van der Waals surface area (Å²) in [5, 5.41) is 0. The van der Waals surface area contributed by atoms with Gasteiger partial charge in [-0.05, 0) is 25.9 Å². The average Bonchev–Trinajstić information content (AvgIpc) is 2.59. The van der Waals surface area contributed by atoms with Crippen LogP contribution >= 0.6 is 24.8 Å². The Bertz CT molecular complexity index is 422. The molecule has 0 atom stereocenters. The minimum atomic E-state index is -0.786. The second-order valence-electron chi connectivity index (χ2n) is 6.40. The zero-order valence-electron chi connectivity index (χ0n) is 15.2. The minimum absolute atomic E-state index is 0. The van der Waals surface area contributed by atoms with Gasteiger partial charge in [0.25, 0.3) is 0 Å². The molecule has 25 heavy (non-hydrogen) atoms. The molecule has 0 aromatic heterocycles. The van der Waals surface area contributed by atoms with Crippen molar-refractivity contribution in [2.75, 3.05) is 59.0 Å². The number of nitrogens with zero attached hydrogens (tertiary/aromatic N) is 3. The third-order valence-electron chi connectivity index (χ3n) is 4.98. The molecule has 0 aromatic carbocycles. The number of carbonyl (C=O) groups excluding carboxylic acids is 2. The summed E-state index contributed by atoms with van der Waals surface area (Å²) in [6.45, 7) is 9.75. The molecule has 2 saturated heterocycles. The standard InChI is InChI=1S/C16H30N4O3.2ClH/c1-3-18(4-2)13-14(21)19-7-9-20(10-8-19)15(22)16(17)5-11-23-12-6-16;;/h3-13,17H2,1-2H3;2*1H. The zero-order chi connectivity index (χ0) is 16.9. The number of nitrogens with two attached hydrogens (primary N) is 1. The van der Waals surface area contributed by atoms with E-state index in [0.29, 0.717) is 58.8 Å². The maximum absolute atomic E-state index is 12.7. The lowest BCUT2D eigenvalue weighted by Crippen LogP contribution is -2.62. The lowest BCUT2D eigenvalue weighted by Gasteiger charge is -2.41. The fourth-order valence-corrected chi connectivity index (χ4v) is 3.16. The number of carbonyl (C=O) groups is 2. The van der Waals surface area contributed by atoms with Crippen molar-refractivity contribution < 1.29 is 14.3 Å². The Morgan fingerprint density at radius 3 is 1.96 bits per heavy atom. The number of amides is 2. The van der Waals surface area contributed by atoms with Crippen molar-refractivity contribution >= 4 is 36.6 Å². The van der Waals surface area contributed by atoms with Crippen molar-refractivity contribution in [1.29, 1.82) is 0 Å². The first-order valence-electron chi connectivity index (χ1n) is 8.66. The number of hydrogen-bond donors (Lipinski definition) is 1. The largest absolute Gasteiger partial charge is 0.381 e. The molecule has 2 fully saturated rings. The van der Waals surface area contributed by atoms with Crippen LogP contribution in [0.1, 0.15) is 26.7 Å². The summed E-state index contributed by atoms with van der Waals surface area (Å²) in [5.41, 5.74) is 5.49. The van der Waals surface area contributed by atoms with Gasteiger partial charge in [-0.15, -0.1) is 24.8 Å². The maximum Gasteiger partial charge on any atom is 0.242 e. The number of likely N-dealkylation sites (N-methyl/N-ethyl adjacent to an activating group) is 1. The van der Waals surface area contributed by atoms with Gasteiger partial charge in [0.2, 0.25) is 11.8 Å². The third-order valence-corrected chi connectivity index (χ3v) is 4.98. The predicted octanol–water partition coefficient (Wildman–Crippen LogP) is 0.351. The highest BCUT2D eigenvalue weighted by molar-refractivity contribution is 5.87. The van der Waals surface area contributed by atoms with Gasteiger partial charge in [-0.2, -0.15) is 0 Å². The molecule has 2 heterocycles. The minimum Gasteiger partial charge on any atom is -0.381 e. The second-order valence-corrected chi connectivity index (χ2v) is 6.40. The molecule has 7 nitrogen and oxygen atoms in total. The van der Waals surface area contributed by atoms with Crippen LogP contribution in [0.3, 0.4) is 0 Å². The van der Waals surface area contributed by atoms with Gasteiger partial charge >= 0.3 is 0 Å². The summed E-state index contributed by atoms with van der Waals surface area (Å²) in [7, 11) is 0. The third kappa shape index (κ3) is 6.25. The topological polar surface area (TPSA) is 79.1 Å². The van der Waals surface area contributed by atoms with Crippen LogP contribution in [-0.4, -0.2) is 91.1 Å². The first-order chi connectivity index (χ1) is 11.0. The van der Waals surface area contributed by atoms with Gasteiger partial charge < -0.3 is 20.3 Å². The molecule has 0 saturated carbocycles. The molecule has 0 spiro atoms. The molecule has 2 N–H and O–H groups in total. The molecule has 0 unspecified atom stereocenters. The van der Waals surface area contributed by atoms with Gasteiger partial charge in [0.15, 0.2) is 0 Å². The van der Waals surface area contributed by atoms with E-state index in [-0.39, 0.29) is 36.6 Å². The van der Waals surface area contributed by atoms with Crippen molar-refractivity contribution in [1.82, 2.24) is 14.7 Å². The first kappa shape index (κ1) is 24.4. The Kier molecular flexibility index (Phi) is 10.9. The van der Waals surface area contributed by atoms with Crippen LogP contribution in [0.2, 0.25) is 0 Å². The number of ether oxygens (including phenoxy) is 1. The summed E-state index contributed by atoms with van der Waals surface area (Å²) in [6, 6.07) is 0. The second kappa shape index (κ2) is 11.2. The molecule has 0 aliphatic carbocycles. The van der Waals surface area contributed by atoms with E-state index in [1.807, 2.05) is 9.80 Å². The van der Waals surface area contributed by atoms with Gasteiger partial charge in [-0.3, -0.25) is 14.5 Å². The molecule has 2 aliphatic rings. The fraction of sp³-hybridized carbons (Fsp3) is 0.875. The molecular weight excluding hydrogens is 367 g/mol. The van der Waals surface area contributed by atoms with Crippen molar-refractivity contribution in [2.24, 2.45) is 5.73 Å². The quantitative estimate of drug-likeness (QED) is 0.722. The first-order valence-corrected chi connectivity index (χ1v) is 8.66. The SMILES string of the molecule is CCN(CC)CC(=O)N1CCN(C(=O)C2(N)CCOCC2)CC1.Cl.Cl. The van der Waals surface area contributed by atoms with E-state index in [1.54, 1.807) is 0 Å². The van der Waals surface area contributed by atoms with Gasteiger partial charge in [0.1, 0.15) is 0 Å². The van der Waals surface area contributed by atoms with Crippen molar-refractivity contribution in [3.63, 3.8) is 0 Å². The van der Waals surface area contributed by atoms with Gasteiger partial charge in [0.05, 0.1) is 12.1 Å². The smallest absolute Gasteiger partial charge is 0.242 e. The highest BCUT2D eigenvalue weighted by Crippen LogP contribution is 2.21. The van der Waals surface area contributed by atoms with E-state index < -0.39 is 5.54 Å². The van der Waals surface area contributed by atoms with Crippen LogP contribution in [0.5, 0.6) is 0 Å². The molecule has 2 amide bonds. The summed E-state index contributed by atoms with van der Waals surface area (Å²) in [5.74, 6) is 0.158. The molecule has 0 radical (unpaired) electrons. The van der Waals surface area contributed by atoms with Gasteiger partial charge in [-0.1, -0.05) is 13.8 Å². The van der Waals surface area contributed by atoms with Gasteiger partial charge in [0, 0.05) is 39.4 Å². The maximum atomic E-state index is 12.7. The zero-order valence-corrected chi connectivity index (χ0v) is 16.9. The molecule has 9 heteroatoms. The van der Waals surface area contributed by atoms with Crippen molar-refractivity contribution in [2.45, 2.75) is 32.2 Å². The van der Waals surface area contributed by atoms with Crippen molar-refractivity contribution in [3.05, 3.63) is 0 Å². The number of hydrogen-bond acceptors (Lipinski definition) is 5. The van der Waals surface area contributed by atoms with Crippen LogP contribution < -0.4 is 5.73 Å². The Hall–Kier alpha value is -0.600. The number of halogens is 2. The lowest BCUT2D eigenvalue weighted by atomic mass is 9.89.